The Bertz CT molecular complexity index is 1550. The van der Waals surface area contributed by atoms with Gasteiger partial charge in [0.15, 0.2) is 0 Å². The van der Waals surface area contributed by atoms with E-state index in [4.69, 9.17) is 9.72 Å². The molecule has 0 aliphatic heterocycles. The van der Waals surface area contributed by atoms with Gasteiger partial charge in [0.25, 0.3) is 0 Å². The van der Waals surface area contributed by atoms with E-state index in [1.807, 2.05) is 12.1 Å². The van der Waals surface area contributed by atoms with Gasteiger partial charge in [-0.25, -0.2) is 4.98 Å². The van der Waals surface area contributed by atoms with Gasteiger partial charge >= 0.3 is 0 Å². The summed E-state index contributed by atoms with van der Waals surface area (Å²) < 4.78 is 6.95. The Hall–Kier alpha value is -3.47. The van der Waals surface area contributed by atoms with Crippen molar-refractivity contribution in [2.45, 2.75) is 6.42 Å². The van der Waals surface area contributed by atoms with Crippen LogP contribution in [0.15, 0.2) is 102 Å². The largest absolute Gasteiger partial charge is 0.481 e. The maximum atomic E-state index is 5.92. The van der Waals surface area contributed by atoms with Crippen molar-refractivity contribution < 1.29 is 4.74 Å². The third-order valence-electron chi connectivity index (χ3n) is 6.49. The molecule has 0 spiro atoms. The van der Waals surface area contributed by atoms with Gasteiger partial charge in [0.1, 0.15) is 0 Å². The molecule has 0 amide bonds. The van der Waals surface area contributed by atoms with Gasteiger partial charge in [0.05, 0.1) is 12.6 Å². The highest BCUT2D eigenvalue weighted by Crippen LogP contribution is 2.41. The zero-order valence-electron chi connectivity index (χ0n) is 20.8. The van der Waals surface area contributed by atoms with Crippen molar-refractivity contribution in [2.24, 2.45) is 0 Å². The number of hydrogen-bond acceptors (Lipinski definition) is 3. The van der Waals surface area contributed by atoms with Crippen LogP contribution in [0.3, 0.4) is 0 Å². The summed E-state index contributed by atoms with van der Waals surface area (Å²) in [5.74, 6) is 0.631. The molecule has 5 rings (SSSR count). The van der Waals surface area contributed by atoms with E-state index in [9.17, 15) is 0 Å². The summed E-state index contributed by atoms with van der Waals surface area (Å²) in [6, 6.07) is 34.2. The van der Waals surface area contributed by atoms with Crippen LogP contribution < -0.4 is 4.74 Å². The fourth-order valence-electron chi connectivity index (χ4n) is 4.78. The van der Waals surface area contributed by atoms with Crippen molar-refractivity contribution in [3.63, 3.8) is 0 Å². The van der Waals surface area contributed by atoms with E-state index in [0.717, 1.165) is 45.0 Å². The zero-order valence-corrected chi connectivity index (χ0v) is 22.4. The quantitative estimate of drug-likeness (QED) is 0.196. The number of rotatable bonds is 7. The zero-order chi connectivity index (χ0) is 25.1. The molecule has 0 saturated carbocycles. The van der Waals surface area contributed by atoms with Crippen molar-refractivity contribution in [1.29, 1.82) is 0 Å². The predicted octanol–water partition coefficient (Wildman–Crippen LogP) is 8.07. The Labute approximate surface area is 221 Å². The molecule has 0 fully saturated rings. The summed E-state index contributed by atoms with van der Waals surface area (Å²) >= 11 is 3.63. The highest BCUT2D eigenvalue weighted by atomic mass is 79.9. The first kappa shape index (κ1) is 24.2. The van der Waals surface area contributed by atoms with Crippen LogP contribution in [0.1, 0.15) is 23.1 Å². The standard InChI is InChI=1S/C32H29BrN2O/c1-35(2)19-18-28(27-15-9-13-22-10-7-8-14-26(22)27)31(23-11-5-4-6-12-23)29-21-24-20-25(33)16-17-30(24)34-32(29)36-3/h4-17,20-21H,18-19H2,1-3H3/b31-28+. The number of pyridine rings is 1. The van der Waals surface area contributed by atoms with Crippen molar-refractivity contribution >= 4 is 48.8 Å². The number of fused-ring (bicyclic) bond motifs is 2. The molecular formula is C32H29BrN2O. The average Bonchev–Trinajstić information content (AvgIpc) is 2.90. The van der Waals surface area contributed by atoms with E-state index in [-0.39, 0.29) is 0 Å². The van der Waals surface area contributed by atoms with E-state index < -0.39 is 0 Å². The second-order valence-corrected chi connectivity index (χ2v) is 10.1. The van der Waals surface area contributed by atoms with Gasteiger partial charge in [0.2, 0.25) is 5.88 Å². The lowest BCUT2D eigenvalue weighted by molar-refractivity contribution is 0.398. The first-order valence-corrected chi connectivity index (χ1v) is 12.9. The summed E-state index contributed by atoms with van der Waals surface area (Å²) in [7, 11) is 5.95. The number of ether oxygens (including phenoxy) is 1. The molecule has 5 aromatic rings. The summed E-state index contributed by atoms with van der Waals surface area (Å²) in [4.78, 5) is 7.16. The minimum atomic E-state index is 0.631. The van der Waals surface area contributed by atoms with E-state index in [1.165, 1.54) is 21.9 Å². The van der Waals surface area contributed by atoms with Gasteiger partial charge < -0.3 is 9.64 Å². The highest BCUT2D eigenvalue weighted by Gasteiger charge is 2.21. The molecule has 180 valence electrons. The number of hydrogen-bond donors (Lipinski definition) is 0. The third-order valence-corrected chi connectivity index (χ3v) is 6.99. The van der Waals surface area contributed by atoms with Crippen molar-refractivity contribution in [3.05, 3.63) is 118 Å². The number of nitrogens with zero attached hydrogens (tertiary/aromatic N) is 2. The average molecular weight is 538 g/mol. The van der Waals surface area contributed by atoms with Crippen LogP contribution in [0.4, 0.5) is 0 Å². The Morgan fingerprint density at radius 3 is 2.33 bits per heavy atom. The minimum absolute atomic E-state index is 0.631. The summed E-state index contributed by atoms with van der Waals surface area (Å²) in [5, 5.41) is 3.55. The van der Waals surface area contributed by atoms with Gasteiger partial charge in [-0.3, -0.25) is 0 Å². The molecule has 0 saturated heterocycles. The van der Waals surface area contributed by atoms with Crippen LogP contribution in [0.5, 0.6) is 5.88 Å². The number of methoxy groups -OCH3 is 1. The minimum Gasteiger partial charge on any atom is -0.481 e. The molecule has 0 radical (unpaired) electrons. The summed E-state index contributed by atoms with van der Waals surface area (Å²) in [5.41, 5.74) is 6.72. The van der Waals surface area contributed by atoms with Crippen molar-refractivity contribution in [3.8, 4) is 5.88 Å². The van der Waals surface area contributed by atoms with Gasteiger partial charge in [-0.2, -0.15) is 0 Å². The normalized spacial score (nSPS) is 12.2. The molecule has 1 aromatic heterocycles. The molecule has 4 aromatic carbocycles. The van der Waals surface area contributed by atoms with Crippen LogP contribution >= 0.6 is 15.9 Å². The SMILES string of the molecule is COc1nc2ccc(Br)cc2cc1/C(=C(\CCN(C)C)c1cccc2ccccc12)c1ccccc1. The van der Waals surface area contributed by atoms with Gasteiger partial charge in [0, 0.05) is 22.0 Å². The maximum Gasteiger partial charge on any atom is 0.221 e. The third kappa shape index (κ3) is 4.92. The van der Waals surface area contributed by atoms with E-state index in [1.54, 1.807) is 7.11 Å². The van der Waals surface area contributed by atoms with Crippen LogP contribution in [0, 0.1) is 0 Å². The number of halogens is 1. The smallest absolute Gasteiger partial charge is 0.221 e. The number of benzene rings is 4. The Morgan fingerprint density at radius 1 is 0.806 bits per heavy atom. The molecule has 4 heteroatoms. The molecule has 1 heterocycles. The molecule has 0 unspecified atom stereocenters. The van der Waals surface area contributed by atoms with E-state index in [2.05, 4.69) is 120 Å². The second-order valence-electron chi connectivity index (χ2n) is 9.18. The fourth-order valence-corrected chi connectivity index (χ4v) is 5.16. The Kier molecular flexibility index (Phi) is 7.17. The van der Waals surface area contributed by atoms with Crippen LogP contribution in [0.25, 0.3) is 32.8 Å². The number of aromatic nitrogens is 1. The first-order valence-electron chi connectivity index (χ1n) is 12.1. The van der Waals surface area contributed by atoms with Crippen molar-refractivity contribution in [1.82, 2.24) is 9.88 Å². The lowest BCUT2D eigenvalue weighted by atomic mass is 9.86. The highest BCUT2D eigenvalue weighted by molar-refractivity contribution is 9.10. The van der Waals surface area contributed by atoms with Crippen LogP contribution in [-0.4, -0.2) is 37.6 Å². The Morgan fingerprint density at radius 2 is 1.56 bits per heavy atom. The lowest BCUT2D eigenvalue weighted by Crippen LogP contribution is -2.14. The predicted molar refractivity (Wildman–Crippen MR) is 155 cm³/mol. The van der Waals surface area contributed by atoms with Crippen LogP contribution in [0.2, 0.25) is 0 Å². The second kappa shape index (κ2) is 10.7. The Balaban J connectivity index is 1.90. The van der Waals surface area contributed by atoms with Crippen molar-refractivity contribution in [2.75, 3.05) is 27.7 Å². The maximum absolute atomic E-state index is 5.92. The molecule has 0 N–H and O–H groups in total. The van der Waals surface area contributed by atoms with Crippen LogP contribution in [-0.2, 0) is 0 Å². The molecule has 0 aliphatic carbocycles. The van der Waals surface area contributed by atoms with Gasteiger partial charge in [-0.1, -0.05) is 88.7 Å². The summed E-state index contributed by atoms with van der Waals surface area (Å²) in [6.45, 7) is 0.920. The first-order chi connectivity index (χ1) is 17.5. The molecule has 36 heavy (non-hydrogen) atoms. The lowest BCUT2D eigenvalue weighted by Gasteiger charge is -2.22. The topological polar surface area (TPSA) is 25.4 Å². The monoisotopic (exact) mass is 536 g/mol. The molecule has 0 aliphatic rings. The molecule has 0 bridgehead atoms. The van der Waals surface area contributed by atoms with E-state index >= 15 is 0 Å². The molecule has 3 nitrogen and oxygen atoms in total. The van der Waals surface area contributed by atoms with Gasteiger partial charge in [-0.15, -0.1) is 0 Å². The summed E-state index contributed by atoms with van der Waals surface area (Å²) in [6.07, 6.45) is 0.880. The molecular weight excluding hydrogens is 508 g/mol. The fraction of sp³-hybridized carbons (Fsp3) is 0.156. The van der Waals surface area contributed by atoms with Gasteiger partial charge in [-0.05, 0) is 77.8 Å². The van der Waals surface area contributed by atoms with E-state index in [0.29, 0.717) is 5.88 Å². The molecule has 0 atom stereocenters.